The fraction of sp³-hybridized carbons (Fsp3) is 1.00. The van der Waals surface area contributed by atoms with Crippen LogP contribution in [0, 0.1) is 0 Å². The van der Waals surface area contributed by atoms with Crippen molar-refractivity contribution < 1.29 is 18.1 Å². The standard InChI is InChI=1S/C9H22O4P2S4.C2H4Cl2/c1-5-10-14(16,11-6-2)18-9-19-15(17,12-7-3)13-8-4;3-1-2-4/h5-9H2,1-4H3;1-2H2. The first-order chi connectivity index (χ1) is 10.9. The Labute approximate surface area is 169 Å². The maximum absolute atomic E-state index is 5.55. The molecule has 0 bridgehead atoms. The Kier molecular flexibility index (Phi) is 21.4. The molecule has 0 aromatic heterocycles. The summed E-state index contributed by atoms with van der Waals surface area (Å²) in [7, 11) is 0. The quantitative estimate of drug-likeness (QED) is 0.168. The van der Waals surface area contributed by atoms with Crippen molar-refractivity contribution in [1.82, 2.24) is 0 Å². The van der Waals surface area contributed by atoms with Crippen molar-refractivity contribution in [3.05, 3.63) is 0 Å². The van der Waals surface area contributed by atoms with Gasteiger partial charge in [-0.1, -0.05) is 22.8 Å². The summed E-state index contributed by atoms with van der Waals surface area (Å²) in [5, 5.41) is 0.661. The van der Waals surface area contributed by atoms with E-state index in [1.807, 2.05) is 27.7 Å². The minimum absolute atomic E-state index is 0.556. The van der Waals surface area contributed by atoms with Crippen LogP contribution in [0.3, 0.4) is 0 Å². The molecule has 0 atom stereocenters. The van der Waals surface area contributed by atoms with Gasteiger partial charge in [-0.15, -0.1) is 23.2 Å². The lowest BCUT2D eigenvalue weighted by molar-refractivity contribution is 0.280. The molecule has 142 valence electrons. The number of alkyl halides is 2. The number of halogens is 2. The fourth-order valence-corrected chi connectivity index (χ4v) is 13.7. The summed E-state index contributed by atoms with van der Waals surface area (Å²) in [6.45, 7) is 9.88. The molecule has 0 radical (unpaired) electrons. The molecule has 0 spiro atoms. The summed E-state index contributed by atoms with van der Waals surface area (Å²) in [4.78, 5) is 0. The van der Waals surface area contributed by atoms with Crippen LogP contribution in [0.2, 0.25) is 0 Å². The Balaban J connectivity index is 0. The van der Waals surface area contributed by atoms with Gasteiger partial charge in [0.05, 0.1) is 31.5 Å². The highest BCUT2D eigenvalue weighted by atomic mass is 35.5. The molecule has 0 heterocycles. The van der Waals surface area contributed by atoms with E-state index in [2.05, 4.69) is 0 Å². The third-order valence-electron chi connectivity index (χ3n) is 1.64. The van der Waals surface area contributed by atoms with Gasteiger partial charge in [-0.25, -0.2) is 0 Å². The summed E-state index contributed by atoms with van der Waals surface area (Å²) < 4.78 is 22.2. The third-order valence-corrected chi connectivity index (χ3v) is 14.2. The van der Waals surface area contributed by atoms with E-state index >= 15 is 0 Å². The van der Waals surface area contributed by atoms with Crippen molar-refractivity contribution in [1.29, 1.82) is 0 Å². The molecule has 0 aliphatic carbocycles. The maximum atomic E-state index is 5.55. The SMILES string of the molecule is CCOP(=S)(OCC)SCSP(=S)(OCC)OCC.ClCCCl. The van der Waals surface area contributed by atoms with Crippen molar-refractivity contribution in [2.75, 3.05) is 43.3 Å². The molecule has 0 rings (SSSR count). The van der Waals surface area contributed by atoms with Crippen LogP contribution in [0.15, 0.2) is 0 Å². The Morgan fingerprint density at radius 1 is 0.696 bits per heavy atom. The van der Waals surface area contributed by atoms with Gasteiger partial charge in [-0.2, -0.15) is 0 Å². The van der Waals surface area contributed by atoms with E-state index in [0.717, 1.165) is 0 Å². The molecule has 0 aliphatic rings. The molecular weight excluding hydrogens is 457 g/mol. The van der Waals surface area contributed by atoms with Gasteiger partial charge in [0.25, 0.3) is 0 Å². The lowest BCUT2D eigenvalue weighted by Gasteiger charge is -2.23. The first kappa shape index (κ1) is 27.6. The molecule has 0 aromatic rings. The summed E-state index contributed by atoms with van der Waals surface area (Å²) in [5.41, 5.74) is -4.51. The van der Waals surface area contributed by atoms with Crippen LogP contribution in [0.25, 0.3) is 0 Å². The third kappa shape index (κ3) is 16.3. The Bertz CT molecular complexity index is 315. The molecular formula is C11H26Cl2O4P2S4. The van der Waals surface area contributed by atoms with Crippen molar-refractivity contribution in [3.63, 3.8) is 0 Å². The van der Waals surface area contributed by atoms with Crippen molar-refractivity contribution in [3.8, 4) is 0 Å². The monoisotopic (exact) mass is 482 g/mol. The zero-order chi connectivity index (χ0) is 18.2. The van der Waals surface area contributed by atoms with Gasteiger partial charge < -0.3 is 18.1 Å². The summed E-state index contributed by atoms with van der Waals surface area (Å²) >= 11 is 24.0. The van der Waals surface area contributed by atoms with Gasteiger partial charge in [0.15, 0.2) is 0 Å². The number of hydrogen-bond acceptors (Lipinski definition) is 8. The zero-order valence-corrected chi connectivity index (χ0v) is 20.4. The summed E-state index contributed by atoms with van der Waals surface area (Å²) in [5.74, 6) is 1.11. The largest absolute Gasteiger partial charge is 0.322 e. The normalized spacial score (nSPS) is 11.9. The molecule has 4 nitrogen and oxygen atoms in total. The van der Waals surface area contributed by atoms with Crippen LogP contribution in [0.5, 0.6) is 0 Å². The van der Waals surface area contributed by atoms with Crippen molar-refractivity contribution in [2.24, 2.45) is 0 Å². The molecule has 0 saturated carbocycles. The van der Waals surface area contributed by atoms with Crippen LogP contribution >= 0.6 is 57.4 Å². The second-order valence-electron chi connectivity index (χ2n) is 3.32. The number of hydrogen-bond donors (Lipinski definition) is 0. The van der Waals surface area contributed by atoms with Gasteiger partial charge in [0.2, 0.25) is 11.4 Å². The fourth-order valence-electron chi connectivity index (χ4n) is 1.01. The van der Waals surface area contributed by atoms with Crippen LogP contribution in [-0.4, -0.2) is 43.3 Å². The van der Waals surface area contributed by atoms with Gasteiger partial charge >= 0.3 is 0 Å². The highest BCUT2D eigenvalue weighted by molar-refractivity contribution is 8.76. The van der Waals surface area contributed by atoms with Gasteiger partial charge in [0, 0.05) is 11.8 Å². The first-order valence-corrected chi connectivity index (χ1v) is 16.6. The van der Waals surface area contributed by atoms with E-state index in [4.69, 9.17) is 64.9 Å². The minimum atomic E-state index is -2.25. The molecule has 0 unspecified atom stereocenters. The van der Waals surface area contributed by atoms with E-state index in [1.165, 1.54) is 22.8 Å². The molecule has 0 aliphatic heterocycles. The molecule has 23 heavy (non-hydrogen) atoms. The molecule has 0 amide bonds. The lowest BCUT2D eigenvalue weighted by atomic mass is 10.9. The highest BCUT2D eigenvalue weighted by Crippen LogP contribution is 2.67. The van der Waals surface area contributed by atoms with E-state index in [-0.39, 0.29) is 0 Å². The zero-order valence-electron chi connectivity index (χ0n) is 13.9. The lowest BCUT2D eigenvalue weighted by Crippen LogP contribution is -1.94. The molecule has 0 fully saturated rings. The second-order valence-corrected chi connectivity index (χ2v) is 17.1. The maximum Gasteiger partial charge on any atom is 0.248 e. The predicted octanol–water partition coefficient (Wildman–Crippen LogP) is 6.47. The average molecular weight is 483 g/mol. The summed E-state index contributed by atoms with van der Waals surface area (Å²) in [6.07, 6.45) is 0. The van der Waals surface area contributed by atoms with E-state index < -0.39 is 11.4 Å². The smallest absolute Gasteiger partial charge is 0.248 e. The van der Waals surface area contributed by atoms with E-state index in [1.54, 1.807) is 0 Å². The van der Waals surface area contributed by atoms with Crippen molar-refractivity contribution >= 4 is 81.0 Å². The Morgan fingerprint density at radius 2 is 0.957 bits per heavy atom. The van der Waals surface area contributed by atoms with Gasteiger partial charge in [-0.3, -0.25) is 0 Å². The summed E-state index contributed by atoms with van der Waals surface area (Å²) in [6, 6.07) is 0. The van der Waals surface area contributed by atoms with Crippen LogP contribution in [0.1, 0.15) is 27.7 Å². The van der Waals surface area contributed by atoms with Crippen LogP contribution in [0.4, 0.5) is 0 Å². The van der Waals surface area contributed by atoms with E-state index in [9.17, 15) is 0 Å². The second kappa shape index (κ2) is 17.8. The van der Waals surface area contributed by atoms with Gasteiger partial charge in [-0.05, 0) is 51.3 Å². The molecule has 12 heteroatoms. The highest BCUT2D eigenvalue weighted by Gasteiger charge is 2.23. The molecule has 0 aromatic carbocycles. The first-order valence-electron chi connectivity index (χ1n) is 7.06. The average Bonchev–Trinajstić information content (AvgIpc) is 2.48. The Hall–Kier alpha value is 2.42. The topological polar surface area (TPSA) is 36.9 Å². The molecule has 0 saturated heterocycles. The number of rotatable bonds is 13. The minimum Gasteiger partial charge on any atom is -0.322 e. The molecule has 0 N–H and O–H groups in total. The van der Waals surface area contributed by atoms with Crippen LogP contribution < -0.4 is 0 Å². The predicted molar refractivity (Wildman–Crippen MR) is 117 cm³/mol. The van der Waals surface area contributed by atoms with Gasteiger partial charge in [0.1, 0.15) is 0 Å². The van der Waals surface area contributed by atoms with Crippen molar-refractivity contribution in [2.45, 2.75) is 27.7 Å². The van der Waals surface area contributed by atoms with E-state index in [0.29, 0.717) is 43.3 Å². The van der Waals surface area contributed by atoms with Crippen LogP contribution in [-0.2, 0) is 41.7 Å². The Morgan fingerprint density at radius 3 is 1.13 bits per heavy atom.